The molecule has 0 bridgehead atoms. The van der Waals surface area contributed by atoms with Gasteiger partial charge in [-0.2, -0.15) is 4.98 Å². The van der Waals surface area contributed by atoms with E-state index in [4.69, 9.17) is 4.74 Å². The van der Waals surface area contributed by atoms with E-state index >= 15 is 0 Å². The van der Waals surface area contributed by atoms with Crippen LogP contribution in [0.15, 0.2) is 42.9 Å². The molecule has 0 spiro atoms. The highest BCUT2D eigenvalue weighted by molar-refractivity contribution is 7.15. The smallest absolute Gasteiger partial charge is 0.319 e. The van der Waals surface area contributed by atoms with Gasteiger partial charge in [-0.1, -0.05) is 30.3 Å². The molecule has 1 aromatic carbocycles. The first-order valence-corrected chi connectivity index (χ1v) is 8.84. The SMILES string of the molecule is COc1ncncc1NC(=O)NC(C)c1sc(-c2ccccc2)nc1C. The van der Waals surface area contributed by atoms with Gasteiger partial charge in [-0.25, -0.2) is 14.8 Å². The number of carbonyl (C=O) groups is 1. The molecular formula is C18H19N5O2S. The van der Waals surface area contributed by atoms with Crippen LogP contribution in [0.4, 0.5) is 10.5 Å². The number of aromatic nitrogens is 3. The van der Waals surface area contributed by atoms with Crippen molar-refractivity contribution in [2.45, 2.75) is 19.9 Å². The standard InChI is InChI=1S/C18H19N5O2S/c1-11-15(26-17(21-11)13-7-5-4-6-8-13)12(2)22-18(24)23-14-9-19-10-20-16(14)25-3/h4-10,12H,1-3H3,(H2,22,23,24). The maximum absolute atomic E-state index is 12.3. The Morgan fingerprint density at radius 2 is 2.04 bits per heavy atom. The Morgan fingerprint density at radius 3 is 2.77 bits per heavy atom. The van der Waals surface area contributed by atoms with Gasteiger partial charge in [0, 0.05) is 5.56 Å². The van der Waals surface area contributed by atoms with Crippen LogP contribution in [0.1, 0.15) is 23.5 Å². The number of methoxy groups -OCH3 is 1. The summed E-state index contributed by atoms with van der Waals surface area (Å²) in [5.74, 6) is 0.308. The molecule has 0 fully saturated rings. The van der Waals surface area contributed by atoms with E-state index in [1.807, 2.05) is 44.2 Å². The van der Waals surface area contributed by atoms with Gasteiger partial charge in [0.1, 0.15) is 17.0 Å². The molecule has 0 aliphatic rings. The number of benzene rings is 1. The van der Waals surface area contributed by atoms with Crippen molar-refractivity contribution in [1.29, 1.82) is 0 Å². The fourth-order valence-electron chi connectivity index (χ4n) is 2.50. The molecule has 0 aliphatic carbocycles. The summed E-state index contributed by atoms with van der Waals surface area (Å²) in [6.07, 6.45) is 2.85. The Morgan fingerprint density at radius 1 is 1.27 bits per heavy atom. The normalized spacial score (nSPS) is 11.7. The van der Waals surface area contributed by atoms with Crippen molar-refractivity contribution >= 4 is 23.1 Å². The molecule has 3 rings (SSSR count). The van der Waals surface area contributed by atoms with Crippen LogP contribution in [0.25, 0.3) is 10.6 Å². The fourth-order valence-corrected chi connectivity index (χ4v) is 3.58. The monoisotopic (exact) mass is 369 g/mol. The van der Waals surface area contributed by atoms with Gasteiger partial charge in [0.2, 0.25) is 5.88 Å². The highest BCUT2D eigenvalue weighted by atomic mass is 32.1. The maximum Gasteiger partial charge on any atom is 0.319 e. The molecule has 2 aromatic heterocycles. The molecule has 0 radical (unpaired) electrons. The quantitative estimate of drug-likeness (QED) is 0.714. The largest absolute Gasteiger partial charge is 0.479 e. The summed E-state index contributed by atoms with van der Waals surface area (Å²) >= 11 is 1.57. The number of ether oxygens (including phenoxy) is 1. The van der Waals surface area contributed by atoms with Crippen LogP contribution in [0.2, 0.25) is 0 Å². The Balaban J connectivity index is 1.71. The Hall–Kier alpha value is -3.00. The first kappa shape index (κ1) is 17.8. The number of rotatable bonds is 5. The van der Waals surface area contributed by atoms with Gasteiger partial charge in [0.05, 0.1) is 29.9 Å². The van der Waals surface area contributed by atoms with Gasteiger partial charge in [0.15, 0.2) is 0 Å². The predicted octanol–water partition coefficient (Wildman–Crippen LogP) is 3.80. The van der Waals surface area contributed by atoms with Crippen LogP contribution >= 0.6 is 11.3 Å². The van der Waals surface area contributed by atoms with E-state index in [1.54, 1.807) is 11.3 Å². The first-order chi connectivity index (χ1) is 12.6. The summed E-state index contributed by atoms with van der Waals surface area (Å²) in [5, 5.41) is 6.55. The minimum Gasteiger partial charge on any atom is -0.479 e. The number of carbonyl (C=O) groups excluding carboxylic acids is 1. The number of aryl methyl sites for hydroxylation is 1. The van der Waals surface area contributed by atoms with E-state index < -0.39 is 0 Å². The topological polar surface area (TPSA) is 89.0 Å². The zero-order valence-corrected chi connectivity index (χ0v) is 15.5. The van der Waals surface area contributed by atoms with E-state index in [0.717, 1.165) is 21.1 Å². The van der Waals surface area contributed by atoms with Crippen molar-refractivity contribution in [2.24, 2.45) is 0 Å². The van der Waals surface area contributed by atoms with Crippen LogP contribution < -0.4 is 15.4 Å². The van der Waals surface area contributed by atoms with Crippen molar-refractivity contribution in [1.82, 2.24) is 20.3 Å². The van der Waals surface area contributed by atoms with E-state index in [-0.39, 0.29) is 12.1 Å². The van der Waals surface area contributed by atoms with Crippen molar-refractivity contribution < 1.29 is 9.53 Å². The number of nitrogens with zero attached hydrogens (tertiary/aromatic N) is 3. The number of amides is 2. The third kappa shape index (κ3) is 3.97. The van der Waals surface area contributed by atoms with Crippen molar-refractivity contribution in [3.63, 3.8) is 0 Å². The molecule has 7 nitrogen and oxygen atoms in total. The molecule has 26 heavy (non-hydrogen) atoms. The Labute approximate surface area is 155 Å². The average Bonchev–Trinajstić information content (AvgIpc) is 3.05. The molecule has 2 amide bonds. The third-order valence-electron chi connectivity index (χ3n) is 3.71. The lowest BCUT2D eigenvalue weighted by molar-refractivity contribution is 0.249. The van der Waals surface area contributed by atoms with Crippen LogP contribution in [-0.2, 0) is 0 Å². The van der Waals surface area contributed by atoms with Crippen molar-refractivity contribution in [3.8, 4) is 16.5 Å². The van der Waals surface area contributed by atoms with E-state index in [1.165, 1.54) is 19.6 Å². The maximum atomic E-state index is 12.3. The third-order valence-corrected chi connectivity index (χ3v) is 5.10. The molecule has 134 valence electrons. The second kappa shape index (κ2) is 7.92. The molecular weight excluding hydrogens is 350 g/mol. The number of hydrogen-bond acceptors (Lipinski definition) is 6. The Bertz CT molecular complexity index is 898. The molecule has 0 saturated carbocycles. The van der Waals surface area contributed by atoms with Crippen molar-refractivity contribution in [3.05, 3.63) is 53.4 Å². The summed E-state index contributed by atoms with van der Waals surface area (Å²) in [6.45, 7) is 3.87. The summed E-state index contributed by atoms with van der Waals surface area (Å²) in [7, 11) is 1.49. The van der Waals surface area contributed by atoms with Crippen LogP contribution in [0.3, 0.4) is 0 Å². The van der Waals surface area contributed by atoms with E-state index in [9.17, 15) is 4.79 Å². The van der Waals surface area contributed by atoms with Crippen molar-refractivity contribution in [2.75, 3.05) is 12.4 Å². The van der Waals surface area contributed by atoms with Gasteiger partial charge < -0.3 is 15.4 Å². The zero-order chi connectivity index (χ0) is 18.5. The summed E-state index contributed by atoms with van der Waals surface area (Å²) in [6, 6.07) is 9.43. The number of thiazole rings is 1. The molecule has 1 unspecified atom stereocenters. The van der Waals surface area contributed by atoms with Gasteiger partial charge in [0.25, 0.3) is 0 Å². The second-order valence-corrected chi connectivity index (χ2v) is 6.63. The van der Waals surface area contributed by atoms with Crippen LogP contribution in [0.5, 0.6) is 5.88 Å². The van der Waals surface area contributed by atoms with E-state index in [2.05, 4.69) is 25.6 Å². The molecule has 2 heterocycles. The first-order valence-electron chi connectivity index (χ1n) is 8.02. The summed E-state index contributed by atoms with van der Waals surface area (Å²) in [4.78, 5) is 25.8. The number of urea groups is 1. The number of nitrogens with one attached hydrogen (secondary N) is 2. The zero-order valence-electron chi connectivity index (χ0n) is 14.7. The lowest BCUT2D eigenvalue weighted by atomic mass is 10.2. The predicted molar refractivity (Wildman–Crippen MR) is 101 cm³/mol. The van der Waals surface area contributed by atoms with Gasteiger partial charge in [-0.3, -0.25) is 0 Å². The molecule has 0 aliphatic heterocycles. The molecule has 2 N–H and O–H groups in total. The second-order valence-electron chi connectivity index (χ2n) is 5.60. The lowest BCUT2D eigenvalue weighted by Gasteiger charge is -2.14. The summed E-state index contributed by atoms with van der Waals surface area (Å²) < 4.78 is 5.11. The molecule has 8 heteroatoms. The lowest BCUT2D eigenvalue weighted by Crippen LogP contribution is -2.31. The molecule has 1 atom stereocenters. The molecule has 3 aromatic rings. The summed E-state index contributed by atoms with van der Waals surface area (Å²) in [5.41, 5.74) is 2.38. The van der Waals surface area contributed by atoms with E-state index in [0.29, 0.717) is 11.6 Å². The van der Waals surface area contributed by atoms with Gasteiger partial charge >= 0.3 is 6.03 Å². The average molecular weight is 369 g/mol. The highest BCUT2D eigenvalue weighted by Crippen LogP contribution is 2.31. The minimum atomic E-state index is -0.361. The highest BCUT2D eigenvalue weighted by Gasteiger charge is 2.18. The van der Waals surface area contributed by atoms with Gasteiger partial charge in [-0.15, -0.1) is 11.3 Å². The molecule has 0 saturated heterocycles. The van der Waals surface area contributed by atoms with Crippen LogP contribution in [-0.4, -0.2) is 28.1 Å². The minimum absolute atomic E-state index is 0.194. The number of hydrogen-bond donors (Lipinski definition) is 2. The Kier molecular flexibility index (Phi) is 5.43. The van der Waals surface area contributed by atoms with Gasteiger partial charge in [-0.05, 0) is 13.8 Å². The fraction of sp³-hybridized carbons (Fsp3) is 0.222. The number of anilines is 1. The van der Waals surface area contributed by atoms with Crippen LogP contribution in [0, 0.1) is 6.92 Å².